The lowest BCUT2D eigenvalue weighted by molar-refractivity contribution is -0.143. The van der Waals surface area contributed by atoms with E-state index in [1.54, 1.807) is 4.90 Å². The number of halogens is 6. The van der Waals surface area contributed by atoms with Crippen molar-refractivity contribution in [3.63, 3.8) is 0 Å². The number of carbonyl (C=O) groups excluding carboxylic acids is 1. The molecule has 1 aliphatic carbocycles. The Morgan fingerprint density at radius 1 is 1.00 bits per heavy atom. The SMILES string of the molecule is C[C@@H](OC[C@]1(c2ccccc2)C[C@](N)(CNC(=O)N2CCCC2)C1)c1cc(C(F)(F)F)cc(C(F)(F)F)c1. The number of rotatable bonds is 7. The lowest BCUT2D eigenvalue weighted by Crippen LogP contribution is -2.66. The molecule has 0 unspecified atom stereocenters. The Bertz CT molecular complexity index is 1090. The number of likely N-dealkylation sites (tertiary alicyclic amines) is 1. The van der Waals surface area contributed by atoms with Crippen molar-refractivity contribution in [3.8, 4) is 0 Å². The van der Waals surface area contributed by atoms with E-state index in [-0.39, 0.29) is 30.8 Å². The van der Waals surface area contributed by atoms with Crippen LogP contribution >= 0.6 is 0 Å². The van der Waals surface area contributed by atoms with Crippen molar-refractivity contribution in [1.29, 1.82) is 0 Å². The van der Waals surface area contributed by atoms with E-state index in [1.165, 1.54) is 6.92 Å². The van der Waals surface area contributed by atoms with Crippen LogP contribution in [0.15, 0.2) is 48.5 Å². The molecule has 1 heterocycles. The van der Waals surface area contributed by atoms with Gasteiger partial charge in [0, 0.05) is 30.6 Å². The minimum Gasteiger partial charge on any atom is -0.373 e. The van der Waals surface area contributed by atoms with Gasteiger partial charge in [0.25, 0.3) is 0 Å². The van der Waals surface area contributed by atoms with Crippen LogP contribution < -0.4 is 11.1 Å². The van der Waals surface area contributed by atoms with Crippen LogP contribution in [0, 0.1) is 0 Å². The normalized spacial score (nSPS) is 24.7. The first-order valence-electron chi connectivity index (χ1n) is 12.5. The van der Waals surface area contributed by atoms with Crippen LogP contribution in [0.25, 0.3) is 0 Å². The number of carbonyl (C=O) groups is 1. The molecular weight excluding hydrogens is 512 g/mol. The lowest BCUT2D eigenvalue weighted by atomic mass is 9.55. The number of nitrogens with two attached hydrogens (primary N) is 1. The molecule has 5 nitrogen and oxygen atoms in total. The molecule has 208 valence electrons. The summed E-state index contributed by atoms with van der Waals surface area (Å²) in [5, 5.41) is 2.90. The highest BCUT2D eigenvalue weighted by atomic mass is 19.4. The Labute approximate surface area is 217 Å². The fraction of sp³-hybridized carbons (Fsp3) is 0.519. The van der Waals surface area contributed by atoms with Crippen LogP contribution in [0.4, 0.5) is 31.1 Å². The summed E-state index contributed by atoms with van der Waals surface area (Å²) in [6.07, 6.45) is -8.14. The number of hydrogen-bond acceptors (Lipinski definition) is 3. The summed E-state index contributed by atoms with van der Waals surface area (Å²) < 4.78 is 85.8. The second-order valence-electron chi connectivity index (χ2n) is 10.5. The van der Waals surface area contributed by atoms with E-state index >= 15 is 0 Å². The maximum Gasteiger partial charge on any atom is 0.416 e. The van der Waals surface area contributed by atoms with E-state index in [0.29, 0.717) is 38.1 Å². The molecule has 2 fully saturated rings. The van der Waals surface area contributed by atoms with Gasteiger partial charge in [0.15, 0.2) is 0 Å². The summed E-state index contributed by atoms with van der Waals surface area (Å²) in [5.74, 6) is 0. The highest BCUT2D eigenvalue weighted by Gasteiger charge is 2.54. The molecule has 3 N–H and O–H groups in total. The van der Waals surface area contributed by atoms with Crippen molar-refractivity contribution in [2.45, 2.75) is 62.0 Å². The van der Waals surface area contributed by atoms with Gasteiger partial charge in [-0.1, -0.05) is 30.3 Å². The largest absolute Gasteiger partial charge is 0.416 e. The van der Waals surface area contributed by atoms with Crippen molar-refractivity contribution in [3.05, 3.63) is 70.8 Å². The molecule has 1 saturated carbocycles. The van der Waals surface area contributed by atoms with Gasteiger partial charge in [0.2, 0.25) is 0 Å². The van der Waals surface area contributed by atoms with Crippen LogP contribution in [0.2, 0.25) is 0 Å². The number of amides is 2. The molecule has 38 heavy (non-hydrogen) atoms. The molecule has 0 spiro atoms. The van der Waals surface area contributed by atoms with Gasteiger partial charge in [-0.2, -0.15) is 26.3 Å². The Balaban J connectivity index is 1.49. The second-order valence-corrected chi connectivity index (χ2v) is 10.5. The van der Waals surface area contributed by atoms with Gasteiger partial charge in [-0.3, -0.25) is 0 Å². The molecule has 1 aliphatic heterocycles. The smallest absolute Gasteiger partial charge is 0.373 e. The molecule has 2 aliphatic rings. The maximum atomic E-state index is 13.3. The third-order valence-electron chi connectivity index (χ3n) is 7.44. The van der Waals surface area contributed by atoms with Crippen LogP contribution in [0.3, 0.4) is 0 Å². The fourth-order valence-electron chi connectivity index (χ4n) is 5.48. The minimum absolute atomic E-state index is 0.0365. The Kier molecular flexibility index (Phi) is 7.73. The van der Waals surface area contributed by atoms with Gasteiger partial charge >= 0.3 is 18.4 Å². The molecule has 0 radical (unpaired) electrons. The van der Waals surface area contributed by atoms with Gasteiger partial charge in [-0.25, -0.2) is 4.79 Å². The minimum atomic E-state index is -4.94. The van der Waals surface area contributed by atoms with Gasteiger partial charge in [0.1, 0.15) is 0 Å². The Morgan fingerprint density at radius 2 is 1.55 bits per heavy atom. The summed E-state index contributed by atoms with van der Waals surface area (Å²) in [4.78, 5) is 14.1. The van der Waals surface area contributed by atoms with Crippen molar-refractivity contribution >= 4 is 6.03 Å². The number of hydrogen-bond donors (Lipinski definition) is 2. The standard InChI is InChI=1S/C27H31F6N3O2/c1-18(19-11-21(26(28,29)30)13-22(12-19)27(31,32)33)38-17-24(20-7-3-2-4-8-20)14-25(34,15-24)16-35-23(37)36-9-5-6-10-36/h2-4,7-8,11-13,18H,5-6,9-10,14-17,34H2,1H3,(H,35,37)/t18-,24-,25+/m1/s1. The zero-order valence-electron chi connectivity index (χ0n) is 21.0. The molecule has 4 rings (SSSR count). The van der Waals surface area contributed by atoms with Crippen molar-refractivity contribution in [2.75, 3.05) is 26.2 Å². The molecule has 2 aromatic rings. The zero-order chi connectivity index (χ0) is 27.8. The van der Waals surface area contributed by atoms with E-state index in [1.807, 2.05) is 30.3 Å². The quantitative estimate of drug-likeness (QED) is 0.419. The van der Waals surface area contributed by atoms with Crippen LogP contribution in [0.5, 0.6) is 0 Å². The monoisotopic (exact) mass is 543 g/mol. The zero-order valence-corrected chi connectivity index (χ0v) is 21.0. The topological polar surface area (TPSA) is 67.6 Å². The predicted octanol–water partition coefficient (Wildman–Crippen LogP) is 6.04. The van der Waals surface area contributed by atoms with E-state index in [9.17, 15) is 31.1 Å². The number of ether oxygens (including phenoxy) is 1. The number of nitrogens with zero attached hydrogens (tertiary/aromatic N) is 1. The van der Waals surface area contributed by atoms with Crippen molar-refractivity contribution < 1.29 is 35.9 Å². The van der Waals surface area contributed by atoms with Crippen molar-refractivity contribution in [2.24, 2.45) is 5.73 Å². The summed E-state index contributed by atoms with van der Waals surface area (Å²) in [6.45, 7) is 3.12. The van der Waals surface area contributed by atoms with Crippen molar-refractivity contribution in [1.82, 2.24) is 10.2 Å². The van der Waals surface area contributed by atoms with Crippen LogP contribution in [-0.2, 0) is 22.5 Å². The van der Waals surface area contributed by atoms with Gasteiger partial charge < -0.3 is 20.7 Å². The van der Waals surface area contributed by atoms with E-state index in [0.717, 1.165) is 18.4 Å². The number of benzene rings is 2. The molecule has 2 amide bonds. The van der Waals surface area contributed by atoms with Gasteiger partial charge in [-0.15, -0.1) is 0 Å². The van der Waals surface area contributed by atoms with E-state index in [4.69, 9.17) is 10.5 Å². The Hall–Kier alpha value is -2.79. The molecule has 1 saturated heterocycles. The summed E-state index contributed by atoms with van der Waals surface area (Å²) in [7, 11) is 0. The Morgan fingerprint density at radius 3 is 2.08 bits per heavy atom. The first kappa shape index (κ1) is 28.2. The lowest BCUT2D eigenvalue weighted by Gasteiger charge is -2.55. The molecule has 11 heteroatoms. The first-order valence-corrected chi connectivity index (χ1v) is 12.5. The molecule has 0 bridgehead atoms. The highest BCUT2D eigenvalue weighted by Crippen LogP contribution is 2.50. The number of urea groups is 1. The van der Waals surface area contributed by atoms with Crippen LogP contribution in [0.1, 0.15) is 61.0 Å². The van der Waals surface area contributed by atoms with E-state index in [2.05, 4.69) is 5.32 Å². The number of nitrogens with one attached hydrogen (secondary N) is 1. The summed E-state index contributed by atoms with van der Waals surface area (Å²) >= 11 is 0. The summed E-state index contributed by atoms with van der Waals surface area (Å²) in [5.41, 5.74) is 3.18. The molecule has 1 atom stereocenters. The second kappa shape index (κ2) is 10.4. The molecule has 2 aromatic carbocycles. The van der Waals surface area contributed by atoms with E-state index < -0.39 is 40.5 Å². The fourth-order valence-corrected chi connectivity index (χ4v) is 5.48. The third kappa shape index (κ3) is 6.26. The highest BCUT2D eigenvalue weighted by molar-refractivity contribution is 5.74. The van der Waals surface area contributed by atoms with Gasteiger partial charge in [0.05, 0.1) is 23.8 Å². The maximum absolute atomic E-state index is 13.3. The first-order chi connectivity index (χ1) is 17.7. The third-order valence-corrected chi connectivity index (χ3v) is 7.44. The predicted molar refractivity (Wildman–Crippen MR) is 129 cm³/mol. The molecular formula is C27H31F6N3O2. The number of alkyl halides is 6. The molecule has 0 aromatic heterocycles. The van der Waals surface area contributed by atoms with Gasteiger partial charge in [-0.05, 0) is 61.9 Å². The average Bonchev–Trinajstić information content (AvgIpc) is 3.39. The van der Waals surface area contributed by atoms with Crippen LogP contribution in [-0.4, -0.2) is 42.7 Å². The average molecular weight is 544 g/mol. The summed E-state index contributed by atoms with van der Waals surface area (Å²) in [6, 6.07) is 10.6.